The van der Waals surface area contributed by atoms with Crippen molar-refractivity contribution in [1.82, 2.24) is 41.0 Å². The third kappa shape index (κ3) is 20.1. The molecule has 0 bridgehead atoms. The zero-order chi connectivity index (χ0) is 57.7. The van der Waals surface area contributed by atoms with Crippen molar-refractivity contribution in [2.45, 2.75) is 117 Å². The highest BCUT2D eigenvalue weighted by Crippen LogP contribution is 2.41. The van der Waals surface area contributed by atoms with Gasteiger partial charge in [0.15, 0.2) is 11.6 Å². The number of nitrogens with zero attached hydrogens (tertiary/aromatic N) is 3. The molecule has 0 aliphatic rings. The van der Waals surface area contributed by atoms with Crippen LogP contribution in [0.1, 0.15) is 102 Å². The summed E-state index contributed by atoms with van der Waals surface area (Å²) in [6.07, 6.45) is 2.19. The van der Waals surface area contributed by atoms with Crippen molar-refractivity contribution in [3.8, 4) is 11.1 Å². The molecule has 9 N–H and O–H groups in total. The first-order valence-corrected chi connectivity index (χ1v) is 25.3. The lowest BCUT2D eigenvalue weighted by Crippen LogP contribution is -2.56. The number of halogens is 2. The zero-order valence-corrected chi connectivity index (χ0v) is 44.3. The van der Waals surface area contributed by atoms with E-state index in [0.717, 1.165) is 23.8 Å². The van der Waals surface area contributed by atoms with E-state index >= 15 is 4.39 Å². The summed E-state index contributed by atoms with van der Waals surface area (Å²) < 4.78 is 31.8. The number of hydrogen-bond donors (Lipinski definition) is 8. The smallest absolute Gasteiger partial charge is 0.303 e. The van der Waals surface area contributed by atoms with Gasteiger partial charge < -0.3 is 52.0 Å². The molecule has 4 rings (SSSR count). The number of carboxylic acids is 1. The molecule has 7 amide bonds. The van der Waals surface area contributed by atoms with Crippen LogP contribution < -0.4 is 32.3 Å². The summed E-state index contributed by atoms with van der Waals surface area (Å²) in [6.45, 7) is 6.52. The van der Waals surface area contributed by atoms with E-state index in [1.54, 1.807) is 49.7 Å². The molecule has 0 fully saturated rings. The summed E-state index contributed by atoms with van der Waals surface area (Å²) in [6, 6.07) is 11.8. The van der Waals surface area contributed by atoms with Crippen LogP contribution in [0, 0.1) is 23.0 Å². The lowest BCUT2D eigenvalue weighted by Gasteiger charge is -2.41. The SMILES string of the molecule is C[C@H](NC(=O)Cc1ccncc1)C(=O)C[C@H](C)C(=O)N[C@@H](CC(N)=O)C(=O)N[C@@H](CCN(C(=O)CO)[C@@H](c1cc(-c2cc(F)ccc2F)cn1Cc1ccccc1)C(C)(C)C)C(=O)NCCCC(=O)CNC(=O)CCC(=O)O. The maximum absolute atomic E-state index is 15.4. The lowest BCUT2D eigenvalue weighted by atomic mass is 9.82. The van der Waals surface area contributed by atoms with Gasteiger partial charge in [-0.15, -0.1) is 0 Å². The Balaban J connectivity index is 1.63. The molecule has 0 radical (unpaired) electrons. The fraction of sp³-hybridized carbons (Fsp3) is 0.436. The minimum absolute atomic E-state index is 0.0322. The Kier molecular flexibility index (Phi) is 23.9. The van der Waals surface area contributed by atoms with Gasteiger partial charge in [-0.05, 0) is 72.7 Å². The highest BCUT2D eigenvalue weighted by atomic mass is 19.1. The Labute approximate surface area is 450 Å². The Morgan fingerprint density at radius 3 is 2.09 bits per heavy atom. The maximum atomic E-state index is 15.4. The number of pyridine rings is 1. The second-order valence-corrected chi connectivity index (χ2v) is 20.0. The standard InChI is InChI=1S/C55H69F2N9O12/c1-33(24-45(69)34(2)62-48(72)25-35-17-21-59-22-18-35)52(76)64-43(28-46(58)70)54(78)63-42(53(77)60-20-9-12-39(68)29-61-47(71)15-16-50(74)75)19-23-66(49(73)32-67)51(55(3,4)5)44-26-37(40-27-38(56)13-14-41(40)57)31-65(44)30-36-10-7-6-8-11-36/h6-8,10-11,13-14,17-18,21-22,26-27,31,33-34,42-43,51,67H,9,12,15-16,19-20,23-25,28-30,32H2,1-5H3,(H2,58,70)(H,60,77)(H,61,71)(H,62,72)(H,63,78)(H,64,76)(H,74,75)/t33-,34-,42-,43-,51-/m0/s1. The number of amides is 7. The van der Waals surface area contributed by atoms with Crippen LogP contribution in [0.15, 0.2) is 85.3 Å². The molecule has 0 saturated carbocycles. The van der Waals surface area contributed by atoms with Gasteiger partial charge in [-0.1, -0.05) is 58.0 Å². The van der Waals surface area contributed by atoms with Gasteiger partial charge in [-0.2, -0.15) is 0 Å². The summed E-state index contributed by atoms with van der Waals surface area (Å²) in [4.78, 5) is 135. The van der Waals surface area contributed by atoms with Crippen molar-refractivity contribution in [1.29, 1.82) is 0 Å². The minimum Gasteiger partial charge on any atom is -0.481 e. The van der Waals surface area contributed by atoms with E-state index in [4.69, 9.17) is 10.8 Å². The number of aromatic nitrogens is 2. The largest absolute Gasteiger partial charge is 0.481 e. The van der Waals surface area contributed by atoms with Crippen LogP contribution in [0.4, 0.5) is 8.78 Å². The highest BCUT2D eigenvalue weighted by molar-refractivity contribution is 5.97. The Morgan fingerprint density at radius 1 is 0.769 bits per heavy atom. The third-order valence-electron chi connectivity index (χ3n) is 12.5. The molecule has 5 atom stereocenters. The number of aliphatic hydroxyl groups is 1. The first-order chi connectivity index (χ1) is 36.9. The van der Waals surface area contributed by atoms with Crippen molar-refractivity contribution >= 4 is 58.9 Å². The molecule has 420 valence electrons. The van der Waals surface area contributed by atoms with Crippen molar-refractivity contribution in [3.63, 3.8) is 0 Å². The second-order valence-electron chi connectivity index (χ2n) is 20.0. The number of aliphatic carboxylic acids is 1. The number of nitrogens with one attached hydrogen (secondary N) is 5. The maximum Gasteiger partial charge on any atom is 0.303 e. The van der Waals surface area contributed by atoms with Gasteiger partial charge in [-0.25, -0.2) is 8.78 Å². The first-order valence-electron chi connectivity index (χ1n) is 25.3. The third-order valence-corrected chi connectivity index (χ3v) is 12.5. The fourth-order valence-corrected chi connectivity index (χ4v) is 8.48. The molecule has 0 saturated heterocycles. The van der Waals surface area contributed by atoms with Crippen LogP contribution in [0.3, 0.4) is 0 Å². The van der Waals surface area contributed by atoms with Crippen LogP contribution in [0.25, 0.3) is 11.1 Å². The molecule has 2 aromatic carbocycles. The predicted octanol–water partition coefficient (Wildman–Crippen LogP) is 2.81. The van der Waals surface area contributed by atoms with E-state index in [-0.39, 0.29) is 62.9 Å². The molecule has 0 aliphatic heterocycles. The van der Waals surface area contributed by atoms with Gasteiger partial charge in [0.2, 0.25) is 41.4 Å². The fourth-order valence-electron chi connectivity index (χ4n) is 8.48. The molecule has 21 nitrogen and oxygen atoms in total. The van der Waals surface area contributed by atoms with Crippen LogP contribution in [0.5, 0.6) is 0 Å². The predicted molar refractivity (Wildman–Crippen MR) is 280 cm³/mol. The average Bonchev–Trinajstić information content (AvgIpc) is 3.84. The lowest BCUT2D eigenvalue weighted by molar-refractivity contribution is -0.140. The number of ketones is 2. The number of carboxylic acid groups (broad SMARTS) is 1. The molecule has 0 unspecified atom stereocenters. The Bertz CT molecular complexity index is 2770. The van der Waals surface area contributed by atoms with E-state index in [9.17, 15) is 57.4 Å². The van der Waals surface area contributed by atoms with Gasteiger partial charge in [0.05, 0.1) is 37.9 Å². The summed E-state index contributed by atoms with van der Waals surface area (Å²) >= 11 is 0. The molecule has 2 heterocycles. The van der Waals surface area contributed by atoms with E-state index in [0.29, 0.717) is 11.3 Å². The number of benzene rings is 2. The number of aliphatic hydroxyl groups excluding tert-OH is 1. The summed E-state index contributed by atoms with van der Waals surface area (Å²) in [5.74, 6) is -10.4. The van der Waals surface area contributed by atoms with E-state index in [2.05, 4.69) is 31.6 Å². The summed E-state index contributed by atoms with van der Waals surface area (Å²) in [5.41, 5.74) is 6.74. The Morgan fingerprint density at radius 2 is 1.45 bits per heavy atom. The molecule has 4 aromatic rings. The van der Waals surface area contributed by atoms with Gasteiger partial charge in [-0.3, -0.25) is 52.9 Å². The average molecular weight is 1090 g/mol. The van der Waals surface area contributed by atoms with Gasteiger partial charge in [0, 0.05) is 80.2 Å². The number of rotatable bonds is 31. The van der Waals surface area contributed by atoms with Gasteiger partial charge in [0.1, 0.15) is 30.3 Å². The Hall–Kier alpha value is -8.21. The number of primary amides is 1. The second kappa shape index (κ2) is 29.9. The summed E-state index contributed by atoms with van der Waals surface area (Å²) in [7, 11) is 0. The molecule has 2 aromatic heterocycles. The monoisotopic (exact) mass is 1090 g/mol. The van der Waals surface area contributed by atoms with Crippen LogP contribution in [-0.4, -0.2) is 128 Å². The molecular weight excluding hydrogens is 1020 g/mol. The molecule has 0 aliphatic carbocycles. The number of Topliss-reactive ketones (excluding diaryl/α,β-unsaturated/α-hetero) is 2. The molecule has 0 spiro atoms. The minimum atomic E-state index is -1.70. The summed E-state index contributed by atoms with van der Waals surface area (Å²) in [5, 5.41) is 31.8. The quantitative estimate of drug-likeness (QED) is 0.0337. The molecule has 23 heteroatoms. The van der Waals surface area contributed by atoms with Crippen molar-refractivity contribution in [2.24, 2.45) is 17.1 Å². The van der Waals surface area contributed by atoms with Crippen LogP contribution in [-0.2, 0) is 60.9 Å². The van der Waals surface area contributed by atoms with Gasteiger partial charge >= 0.3 is 5.97 Å². The van der Waals surface area contributed by atoms with Crippen molar-refractivity contribution in [2.75, 3.05) is 26.2 Å². The molecule has 78 heavy (non-hydrogen) atoms. The topological polar surface area (TPSA) is 318 Å². The molecular formula is C55H69F2N9O12. The number of carbonyl (C=O) groups excluding carboxylic acids is 9. The van der Waals surface area contributed by atoms with Gasteiger partial charge in [0.25, 0.3) is 0 Å². The van der Waals surface area contributed by atoms with Crippen molar-refractivity contribution < 1.29 is 66.9 Å². The van der Waals surface area contributed by atoms with Crippen LogP contribution >= 0.6 is 0 Å². The van der Waals surface area contributed by atoms with E-state index in [1.807, 2.05) is 30.3 Å². The normalized spacial score (nSPS) is 13.1. The first kappa shape index (κ1) is 62.3. The van der Waals surface area contributed by atoms with E-state index in [1.165, 1.54) is 31.1 Å². The number of carbonyl (C=O) groups is 10. The zero-order valence-electron chi connectivity index (χ0n) is 44.3. The van der Waals surface area contributed by atoms with Crippen molar-refractivity contribution in [3.05, 3.63) is 114 Å². The highest BCUT2D eigenvalue weighted by Gasteiger charge is 2.39. The van der Waals surface area contributed by atoms with E-state index < -0.39 is 138 Å². The van der Waals surface area contributed by atoms with Crippen LogP contribution in [0.2, 0.25) is 0 Å². The number of nitrogens with two attached hydrogens (primary N) is 1. The number of hydrogen-bond acceptors (Lipinski definition) is 12.